The third kappa shape index (κ3) is 5.85. The summed E-state index contributed by atoms with van der Waals surface area (Å²) in [6.07, 6.45) is 0.747. The zero-order valence-electron chi connectivity index (χ0n) is 12.9. The van der Waals surface area contributed by atoms with Gasteiger partial charge in [-0.3, -0.25) is 9.48 Å². The molecule has 1 rings (SSSR count). The molecule has 0 bridgehead atoms. The molecule has 1 aromatic heterocycles. The maximum absolute atomic E-state index is 11.9. The molecule has 0 aliphatic carbocycles. The SMILES string of the molecule is CCN(CCC(=O)O)C(=O)NCCCn1nc(C)cc1C. The summed E-state index contributed by atoms with van der Waals surface area (Å²) in [5.41, 5.74) is 2.10. The highest BCUT2D eigenvalue weighted by atomic mass is 16.4. The lowest BCUT2D eigenvalue weighted by molar-refractivity contribution is -0.137. The van der Waals surface area contributed by atoms with Gasteiger partial charge < -0.3 is 15.3 Å². The lowest BCUT2D eigenvalue weighted by Gasteiger charge is -2.20. The minimum absolute atomic E-state index is 0.0347. The highest BCUT2D eigenvalue weighted by Gasteiger charge is 2.12. The van der Waals surface area contributed by atoms with E-state index in [-0.39, 0.29) is 19.0 Å². The fourth-order valence-corrected chi connectivity index (χ4v) is 2.07. The Balaban J connectivity index is 2.28. The first-order chi connectivity index (χ1) is 9.93. The Hall–Kier alpha value is -2.05. The fraction of sp³-hybridized carbons (Fsp3) is 0.643. The van der Waals surface area contributed by atoms with Gasteiger partial charge in [0.2, 0.25) is 0 Å². The van der Waals surface area contributed by atoms with Crippen molar-refractivity contribution in [2.24, 2.45) is 0 Å². The summed E-state index contributed by atoms with van der Waals surface area (Å²) in [6, 6.07) is 1.80. The van der Waals surface area contributed by atoms with E-state index in [2.05, 4.69) is 10.4 Å². The molecule has 1 heterocycles. The average Bonchev–Trinajstić information content (AvgIpc) is 2.73. The van der Waals surface area contributed by atoms with Gasteiger partial charge in [0, 0.05) is 31.9 Å². The Labute approximate surface area is 124 Å². The smallest absolute Gasteiger partial charge is 0.317 e. The molecule has 21 heavy (non-hydrogen) atoms. The van der Waals surface area contributed by atoms with E-state index in [1.54, 1.807) is 0 Å². The number of aryl methyl sites for hydroxylation is 3. The molecule has 0 aliphatic rings. The number of nitrogens with one attached hydrogen (secondary N) is 1. The van der Waals surface area contributed by atoms with E-state index < -0.39 is 5.97 Å². The second-order valence-electron chi connectivity index (χ2n) is 4.96. The molecule has 0 radical (unpaired) electrons. The first-order valence-electron chi connectivity index (χ1n) is 7.19. The van der Waals surface area contributed by atoms with Crippen LogP contribution in [0, 0.1) is 13.8 Å². The lowest BCUT2D eigenvalue weighted by Crippen LogP contribution is -2.41. The molecule has 118 valence electrons. The third-order valence-electron chi connectivity index (χ3n) is 3.19. The van der Waals surface area contributed by atoms with E-state index >= 15 is 0 Å². The molecule has 0 spiro atoms. The molecule has 0 unspecified atom stereocenters. The maximum Gasteiger partial charge on any atom is 0.317 e. The second-order valence-corrected chi connectivity index (χ2v) is 4.96. The Morgan fingerprint density at radius 3 is 2.67 bits per heavy atom. The van der Waals surface area contributed by atoms with Gasteiger partial charge in [0.25, 0.3) is 0 Å². The van der Waals surface area contributed by atoms with Gasteiger partial charge in [-0.1, -0.05) is 0 Å². The zero-order valence-corrected chi connectivity index (χ0v) is 12.9. The average molecular weight is 296 g/mol. The molecule has 2 amide bonds. The summed E-state index contributed by atoms with van der Waals surface area (Å²) < 4.78 is 1.92. The summed E-state index contributed by atoms with van der Waals surface area (Å²) in [5, 5.41) is 15.8. The molecule has 7 heteroatoms. The van der Waals surface area contributed by atoms with Crippen molar-refractivity contribution in [3.05, 3.63) is 17.5 Å². The topological polar surface area (TPSA) is 87.5 Å². The van der Waals surface area contributed by atoms with E-state index in [0.29, 0.717) is 13.1 Å². The molecule has 7 nitrogen and oxygen atoms in total. The molecule has 1 aromatic rings. The van der Waals surface area contributed by atoms with Gasteiger partial charge in [-0.25, -0.2) is 4.79 Å². The van der Waals surface area contributed by atoms with E-state index in [9.17, 15) is 9.59 Å². The number of hydrogen-bond donors (Lipinski definition) is 2. The van der Waals surface area contributed by atoms with Gasteiger partial charge in [0.05, 0.1) is 12.1 Å². The number of aliphatic carboxylic acids is 1. The molecule has 0 aliphatic heterocycles. The first kappa shape index (κ1) is 17.0. The Morgan fingerprint density at radius 2 is 2.14 bits per heavy atom. The Morgan fingerprint density at radius 1 is 1.43 bits per heavy atom. The summed E-state index contributed by atoms with van der Waals surface area (Å²) in [6.45, 7) is 7.81. The quantitative estimate of drug-likeness (QED) is 0.710. The van der Waals surface area contributed by atoms with E-state index in [1.165, 1.54) is 4.90 Å². The van der Waals surface area contributed by atoms with Gasteiger partial charge in [-0.2, -0.15) is 5.10 Å². The van der Waals surface area contributed by atoms with Crippen LogP contribution in [0.5, 0.6) is 0 Å². The van der Waals surface area contributed by atoms with E-state index in [0.717, 1.165) is 24.4 Å². The van der Waals surface area contributed by atoms with Gasteiger partial charge in [-0.15, -0.1) is 0 Å². The van der Waals surface area contributed by atoms with Crippen molar-refractivity contribution in [3.63, 3.8) is 0 Å². The molecular formula is C14H24N4O3. The third-order valence-corrected chi connectivity index (χ3v) is 3.19. The molecule has 0 saturated carbocycles. The number of carbonyl (C=O) groups is 2. The van der Waals surface area contributed by atoms with Crippen LogP contribution in [0.2, 0.25) is 0 Å². The highest BCUT2D eigenvalue weighted by Crippen LogP contribution is 2.02. The molecule has 0 atom stereocenters. The molecular weight excluding hydrogens is 272 g/mol. The number of urea groups is 1. The summed E-state index contributed by atoms with van der Waals surface area (Å²) >= 11 is 0. The van der Waals surface area contributed by atoms with Crippen LogP contribution < -0.4 is 5.32 Å². The maximum atomic E-state index is 11.9. The second kappa shape index (κ2) is 8.28. The number of carboxylic acids is 1. The number of rotatable bonds is 8. The zero-order chi connectivity index (χ0) is 15.8. The van der Waals surface area contributed by atoms with Gasteiger partial charge >= 0.3 is 12.0 Å². The standard InChI is InChI=1S/C14H24N4O3/c1-4-17(9-6-13(19)20)14(21)15-7-5-8-18-12(3)10-11(2)16-18/h10H,4-9H2,1-3H3,(H,15,21)(H,19,20). The first-order valence-corrected chi connectivity index (χ1v) is 7.19. The monoisotopic (exact) mass is 296 g/mol. The number of hydrogen-bond acceptors (Lipinski definition) is 3. The van der Waals surface area contributed by atoms with Crippen LogP contribution >= 0.6 is 0 Å². The van der Waals surface area contributed by atoms with Gasteiger partial charge in [-0.05, 0) is 33.3 Å². The van der Waals surface area contributed by atoms with Crippen LogP contribution in [-0.2, 0) is 11.3 Å². The summed E-state index contributed by atoms with van der Waals surface area (Å²) in [7, 11) is 0. The molecule has 0 saturated heterocycles. The lowest BCUT2D eigenvalue weighted by atomic mass is 10.3. The van der Waals surface area contributed by atoms with Crippen molar-refractivity contribution in [1.82, 2.24) is 20.0 Å². The van der Waals surface area contributed by atoms with Crippen LogP contribution in [-0.4, -0.2) is 51.4 Å². The molecule has 2 N–H and O–H groups in total. The summed E-state index contributed by atoms with van der Waals surface area (Å²) in [5.74, 6) is -0.897. The van der Waals surface area contributed by atoms with Crippen LogP contribution in [0.15, 0.2) is 6.07 Å². The number of amides is 2. The molecule has 0 fully saturated rings. The van der Waals surface area contributed by atoms with Gasteiger partial charge in [0.15, 0.2) is 0 Å². The van der Waals surface area contributed by atoms with Crippen molar-refractivity contribution in [2.45, 2.75) is 40.2 Å². The van der Waals surface area contributed by atoms with E-state index in [4.69, 9.17) is 5.11 Å². The van der Waals surface area contributed by atoms with Crippen LogP contribution in [0.25, 0.3) is 0 Å². The van der Waals surface area contributed by atoms with Crippen LogP contribution in [0.1, 0.15) is 31.2 Å². The normalized spacial score (nSPS) is 10.4. The predicted octanol–water partition coefficient (Wildman–Crippen LogP) is 1.40. The number of carboxylic acid groups (broad SMARTS) is 1. The number of carbonyl (C=O) groups excluding carboxylic acids is 1. The van der Waals surface area contributed by atoms with Crippen molar-refractivity contribution < 1.29 is 14.7 Å². The van der Waals surface area contributed by atoms with Crippen molar-refractivity contribution >= 4 is 12.0 Å². The summed E-state index contributed by atoms with van der Waals surface area (Å²) in [4.78, 5) is 23.9. The number of nitrogens with zero attached hydrogens (tertiary/aromatic N) is 3. The largest absolute Gasteiger partial charge is 0.481 e. The van der Waals surface area contributed by atoms with Crippen LogP contribution in [0.4, 0.5) is 4.79 Å². The Kier molecular flexibility index (Phi) is 6.71. The highest BCUT2D eigenvalue weighted by molar-refractivity contribution is 5.75. The minimum atomic E-state index is -0.897. The Bertz CT molecular complexity index is 485. The fourth-order valence-electron chi connectivity index (χ4n) is 2.07. The van der Waals surface area contributed by atoms with Crippen molar-refractivity contribution in [2.75, 3.05) is 19.6 Å². The predicted molar refractivity (Wildman–Crippen MR) is 79.2 cm³/mol. The minimum Gasteiger partial charge on any atom is -0.481 e. The van der Waals surface area contributed by atoms with E-state index in [1.807, 2.05) is 31.5 Å². The van der Waals surface area contributed by atoms with Crippen molar-refractivity contribution in [3.8, 4) is 0 Å². The molecule has 0 aromatic carbocycles. The number of aromatic nitrogens is 2. The van der Waals surface area contributed by atoms with Gasteiger partial charge in [0.1, 0.15) is 0 Å². The van der Waals surface area contributed by atoms with Crippen molar-refractivity contribution in [1.29, 1.82) is 0 Å². The van der Waals surface area contributed by atoms with Crippen LogP contribution in [0.3, 0.4) is 0 Å².